The van der Waals surface area contributed by atoms with Gasteiger partial charge in [-0.05, 0) is 43.1 Å². The van der Waals surface area contributed by atoms with E-state index in [0.717, 1.165) is 43.1 Å². The van der Waals surface area contributed by atoms with Crippen LogP contribution in [0.15, 0.2) is 54.6 Å². The van der Waals surface area contributed by atoms with Crippen LogP contribution in [0.4, 0.5) is 0 Å². The van der Waals surface area contributed by atoms with Crippen molar-refractivity contribution in [2.24, 2.45) is 5.92 Å². The van der Waals surface area contributed by atoms with E-state index in [1.165, 1.54) is 5.56 Å². The average Bonchev–Trinajstić information content (AvgIpc) is 2.76. The van der Waals surface area contributed by atoms with E-state index in [1.807, 2.05) is 48.3 Å². The number of benzene rings is 2. The summed E-state index contributed by atoms with van der Waals surface area (Å²) < 4.78 is 0. The minimum Gasteiger partial charge on any atom is -0.473 e. The zero-order valence-electron chi connectivity index (χ0n) is 17.4. The number of nitrogens with zero attached hydrogens (tertiary/aromatic N) is 2. The summed E-state index contributed by atoms with van der Waals surface area (Å²) in [5.41, 5.74) is 2.34. The SMILES string of the molecule is CN(Cc1ccccc1)C(=O)C1CCN(Cc2ccccc2Cl)CC1.O=C(O)C(=O)O. The van der Waals surface area contributed by atoms with Crippen LogP contribution in [-0.4, -0.2) is 58.0 Å². The van der Waals surface area contributed by atoms with Gasteiger partial charge in [0.15, 0.2) is 0 Å². The average molecular weight is 447 g/mol. The van der Waals surface area contributed by atoms with Gasteiger partial charge in [0.2, 0.25) is 5.91 Å². The molecule has 31 heavy (non-hydrogen) atoms. The van der Waals surface area contributed by atoms with Gasteiger partial charge in [0.1, 0.15) is 0 Å². The van der Waals surface area contributed by atoms with Crippen molar-refractivity contribution in [2.75, 3.05) is 20.1 Å². The molecule has 0 unspecified atom stereocenters. The van der Waals surface area contributed by atoms with Crippen LogP contribution in [0.5, 0.6) is 0 Å². The van der Waals surface area contributed by atoms with E-state index in [-0.39, 0.29) is 11.8 Å². The van der Waals surface area contributed by atoms with Crippen LogP contribution in [0.3, 0.4) is 0 Å². The Hall–Kier alpha value is -2.90. The second-order valence-electron chi connectivity index (χ2n) is 7.43. The van der Waals surface area contributed by atoms with Crippen LogP contribution in [0.25, 0.3) is 0 Å². The molecule has 0 saturated carbocycles. The number of carboxylic acids is 2. The van der Waals surface area contributed by atoms with Gasteiger partial charge in [-0.1, -0.05) is 60.1 Å². The second kappa shape index (κ2) is 12.1. The molecule has 0 atom stereocenters. The third-order valence-electron chi connectivity index (χ3n) is 5.11. The van der Waals surface area contributed by atoms with Crippen molar-refractivity contribution in [1.82, 2.24) is 9.80 Å². The van der Waals surface area contributed by atoms with Crippen molar-refractivity contribution >= 4 is 29.4 Å². The summed E-state index contributed by atoms with van der Waals surface area (Å²) in [7, 11) is 1.91. The van der Waals surface area contributed by atoms with E-state index < -0.39 is 11.9 Å². The molecule has 8 heteroatoms. The predicted octanol–water partition coefficient (Wildman–Crippen LogP) is 3.37. The van der Waals surface area contributed by atoms with Crippen molar-refractivity contribution in [3.05, 3.63) is 70.7 Å². The van der Waals surface area contributed by atoms with E-state index in [4.69, 9.17) is 31.4 Å². The maximum Gasteiger partial charge on any atom is 0.414 e. The number of carbonyl (C=O) groups is 3. The molecule has 0 aromatic heterocycles. The van der Waals surface area contributed by atoms with Crippen LogP contribution in [0, 0.1) is 5.92 Å². The van der Waals surface area contributed by atoms with Gasteiger partial charge >= 0.3 is 11.9 Å². The lowest BCUT2D eigenvalue weighted by Crippen LogP contribution is -2.40. The van der Waals surface area contributed by atoms with Crippen LogP contribution in [0.1, 0.15) is 24.0 Å². The van der Waals surface area contributed by atoms with Gasteiger partial charge in [-0.3, -0.25) is 9.69 Å². The number of aliphatic carboxylic acids is 2. The van der Waals surface area contributed by atoms with E-state index in [9.17, 15) is 4.79 Å². The first-order valence-corrected chi connectivity index (χ1v) is 10.4. The minimum absolute atomic E-state index is 0.135. The Labute approximate surface area is 186 Å². The standard InChI is InChI=1S/C21H25ClN2O.C2H2O4/c1-23(15-17-7-3-2-4-8-17)21(25)18-11-13-24(14-12-18)16-19-9-5-6-10-20(19)22;3-1(4)2(5)6/h2-10,18H,11-16H2,1H3;(H,3,4)(H,5,6). The Bertz CT molecular complexity index is 871. The van der Waals surface area contributed by atoms with Crippen molar-refractivity contribution in [3.8, 4) is 0 Å². The van der Waals surface area contributed by atoms with Gasteiger partial charge in [0.05, 0.1) is 0 Å². The number of hydrogen-bond acceptors (Lipinski definition) is 4. The largest absolute Gasteiger partial charge is 0.473 e. The van der Waals surface area contributed by atoms with Gasteiger partial charge < -0.3 is 15.1 Å². The summed E-state index contributed by atoms with van der Waals surface area (Å²) >= 11 is 6.25. The quantitative estimate of drug-likeness (QED) is 0.683. The lowest BCUT2D eigenvalue weighted by Gasteiger charge is -2.33. The van der Waals surface area contributed by atoms with E-state index in [2.05, 4.69) is 23.1 Å². The molecule has 0 aliphatic carbocycles. The second-order valence-corrected chi connectivity index (χ2v) is 7.84. The van der Waals surface area contributed by atoms with Gasteiger partial charge in [-0.15, -0.1) is 0 Å². The third kappa shape index (κ3) is 8.03. The van der Waals surface area contributed by atoms with Crippen LogP contribution < -0.4 is 0 Å². The molecule has 7 nitrogen and oxygen atoms in total. The molecule has 0 bridgehead atoms. The zero-order chi connectivity index (χ0) is 22.8. The summed E-state index contributed by atoms with van der Waals surface area (Å²) in [6, 6.07) is 18.2. The highest BCUT2D eigenvalue weighted by atomic mass is 35.5. The fourth-order valence-corrected chi connectivity index (χ4v) is 3.65. The van der Waals surface area contributed by atoms with Gasteiger partial charge in [-0.25, -0.2) is 9.59 Å². The molecule has 2 aromatic carbocycles. The molecule has 1 fully saturated rings. The Balaban J connectivity index is 0.000000501. The summed E-state index contributed by atoms with van der Waals surface area (Å²) in [6.45, 7) is 3.43. The zero-order valence-corrected chi connectivity index (χ0v) is 18.2. The van der Waals surface area contributed by atoms with Crippen LogP contribution in [-0.2, 0) is 27.5 Å². The van der Waals surface area contributed by atoms with Crippen molar-refractivity contribution < 1.29 is 24.6 Å². The maximum atomic E-state index is 12.7. The fourth-order valence-electron chi connectivity index (χ4n) is 3.45. The summed E-state index contributed by atoms with van der Waals surface area (Å²) in [4.78, 5) is 35.2. The van der Waals surface area contributed by atoms with Gasteiger partial charge in [0, 0.05) is 31.1 Å². The van der Waals surface area contributed by atoms with Gasteiger partial charge in [-0.2, -0.15) is 0 Å². The summed E-state index contributed by atoms with van der Waals surface area (Å²) in [6.07, 6.45) is 1.84. The number of amides is 1. The number of hydrogen-bond donors (Lipinski definition) is 2. The molecule has 166 valence electrons. The molecule has 1 saturated heterocycles. The molecule has 0 radical (unpaired) electrons. The molecule has 2 aromatic rings. The maximum absolute atomic E-state index is 12.7. The highest BCUT2D eigenvalue weighted by Gasteiger charge is 2.27. The molecular weight excluding hydrogens is 420 g/mol. The summed E-state index contributed by atoms with van der Waals surface area (Å²) in [5, 5.41) is 15.6. The molecule has 1 aliphatic heterocycles. The number of halogens is 1. The topological polar surface area (TPSA) is 98.2 Å². The lowest BCUT2D eigenvalue weighted by molar-refractivity contribution is -0.159. The molecule has 1 heterocycles. The first-order valence-electron chi connectivity index (χ1n) is 9.98. The Morgan fingerprint density at radius 3 is 2.06 bits per heavy atom. The lowest BCUT2D eigenvalue weighted by atomic mass is 9.95. The molecule has 1 amide bonds. The Morgan fingerprint density at radius 2 is 1.52 bits per heavy atom. The molecule has 3 rings (SSSR count). The minimum atomic E-state index is -1.82. The first-order chi connectivity index (χ1) is 14.8. The third-order valence-corrected chi connectivity index (χ3v) is 5.48. The summed E-state index contributed by atoms with van der Waals surface area (Å²) in [5.74, 6) is -3.25. The monoisotopic (exact) mass is 446 g/mol. The molecular formula is C23H27ClN2O5. The van der Waals surface area contributed by atoms with Crippen molar-refractivity contribution in [1.29, 1.82) is 0 Å². The first kappa shape index (κ1) is 24.4. The molecule has 1 aliphatic rings. The number of carbonyl (C=O) groups excluding carboxylic acids is 1. The normalized spacial score (nSPS) is 14.3. The van der Waals surface area contributed by atoms with Crippen LogP contribution in [0.2, 0.25) is 5.02 Å². The van der Waals surface area contributed by atoms with Crippen LogP contribution >= 0.6 is 11.6 Å². The highest BCUT2D eigenvalue weighted by molar-refractivity contribution is 6.31. The fraction of sp³-hybridized carbons (Fsp3) is 0.348. The van der Waals surface area contributed by atoms with E-state index in [0.29, 0.717) is 6.54 Å². The molecule has 2 N–H and O–H groups in total. The number of likely N-dealkylation sites (tertiary alicyclic amines) is 1. The van der Waals surface area contributed by atoms with Crippen molar-refractivity contribution in [2.45, 2.75) is 25.9 Å². The Kier molecular flexibility index (Phi) is 9.49. The smallest absolute Gasteiger partial charge is 0.414 e. The highest BCUT2D eigenvalue weighted by Crippen LogP contribution is 2.23. The molecule has 0 spiro atoms. The van der Waals surface area contributed by atoms with E-state index in [1.54, 1.807) is 0 Å². The van der Waals surface area contributed by atoms with Gasteiger partial charge in [0.25, 0.3) is 0 Å². The predicted molar refractivity (Wildman–Crippen MR) is 118 cm³/mol. The number of piperidine rings is 1. The van der Waals surface area contributed by atoms with Crippen molar-refractivity contribution in [3.63, 3.8) is 0 Å². The Morgan fingerprint density at radius 1 is 0.968 bits per heavy atom. The number of rotatable bonds is 5. The van der Waals surface area contributed by atoms with E-state index >= 15 is 0 Å². The number of carboxylic acid groups (broad SMARTS) is 2.